The molecule has 3 amide bonds. The van der Waals surface area contributed by atoms with Crippen LogP contribution in [-0.2, 0) is 20.8 Å². The Morgan fingerprint density at radius 3 is 2.30 bits per heavy atom. The summed E-state index contributed by atoms with van der Waals surface area (Å²) in [5.74, 6) is -0.595. The Morgan fingerprint density at radius 2 is 1.73 bits per heavy atom. The van der Waals surface area contributed by atoms with Gasteiger partial charge < -0.3 is 10.1 Å². The fourth-order valence-electron chi connectivity index (χ4n) is 5.21. The molecule has 4 atom stereocenters. The smallest absolute Gasteiger partial charge is 0.271 e. The lowest BCUT2D eigenvalue weighted by atomic mass is 9.85. The molecule has 1 saturated heterocycles. The molecular weight excluding hydrogens is 426 g/mol. The summed E-state index contributed by atoms with van der Waals surface area (Å²) in [6, 6.07) is 10.7. The van der Waals surface area contributed by atoms with Crippen LogP contribution in [0.25, 0.3) is 0 Å². The van der Waals surface area contributed by atoms with Crippen LogP contribution in [0.2, 0.25) is 0 Å². The third-order valence-corrected chi connectivity index (χ3v) is 6.70. The maximum atomic E-state index is 12.9. The zero-order chi connectivity index (χ0) is 23.3. The molecule has 1 aliphatic heterocycles. The molecule has 3 aliphatic rings. The number of imide groups is 1. The molecule has 2 aromatic carbocycles. The number of hydrogen-bond acceptors (Lipinski definition) is 6. The molecule has 1 N–H and O–H groups in total. The van der Waals surface area contributed by atoms with Gasteiger partial charge in [-0.05, 0) is 42.0 Å². The van der Waals surface area contributed by atoms with E-state index < -0.39 is 4.92 Å². The Bertz CT molecular complexity index is 1180. The lowest BCUT2D eigenvalue weighted by molar-refractivity contribution is -0.384. The summed E-state index contributed by atoms with van der Waals surface area (Å²) in [6.45, 7) is 0. The van der Waals surface area contributed by atoms with Crippen molar-refractivity contribution < 1.29 is 24.0 Å². The number of carbonyl (C=O) groups is 3. The van der Waals surface area contributed by atoms with Crippen molar-refractivity contribution in [2.75, 3.05) is 17.3 Å². The van der Waals surface area contributed by atoms with E-state index in [1.54, 1.807) is 24.3 Å². The molecule has 1 saturated carbocycles. The third kappa shape index (κ3) is 3.45. The number of nitro groups is 1. The van der Waals surface area contributed by atoms with Crippen LogP contribution in [0, 0.1) is 33.8 Å². The number of benzene rings is 2. The van der Waals surface area contributed by atoms with E-state index in [1.165, 1.54) is 30.2 Å². The van der Waals surface area contributed by atoms with Crippen LogP contribution in [-0.4, -0.2) is 29.8 Å². The standard InChI is InChI=1S/C24H21N3O6/c1-33-19-9-8-17(27(31)32)12-18(19)25-20(28)10-13-2-6-16(7-3-13)26-23(29)21-14-4-5-15(11-14)22(21)24(26)30/h2-9,12,14-15,21-22H,10-11H2,1H3,(H,25,28). The molecule has 5 rings (SSSR count). The second-order valence-electron chi connectivity index (χ2n) is 8.54. The first kappa shape index (κ1) is 20.9. The van der Waals surface area contributed by atoms with Crippen molar-refractivity contribution in [3.8, 4) is 5.75 Å². The SMILES string of the molecule is COc1ccc([N+](=O)[O-])cc1NC(=O)Cc1ccc(N2C(=O)C3C4C=CC(C4)C3C2=O)cc1. The first-order chi connectivity index (χ1) is 15.9. The molecule has 0 radical (unpaired) electrons. The summed E-state index contributed by atoms with van der Waals surface area (Å²) in [4.78, 5) is 50.1. The molecule has 0 spiro atoms. The van der Waals surface area contributed by atoms with Gasteiger partial charge in [-0.3, -0.25) is 29.4 Å². The molecule has 2 aromatic rings. The Balaban J connectivity index is 1.28. The third-order valence-electron chi connectivity index (χ3n) is 6.70. The first-order valence-corrected chi connectivity index (χ1v) is 10.6. The molecule has 1 heterocycles. The van der Waals surface area contributed by atoms with E-state index in [0.29, 0.717) is 17.0 Å². The van der Waals surface area contributed by atoms with Crippen molar-refractivity contribution in [1.29, 1.82) is 0 Å². The van der Waals surface area contributed by atoms with Gasteiger partial charge in [0.05, 0.1) is 41.7 Å². The van der Waals surface area contributed by atoms with E-state index in [4.69, 9.17) is 4.74 Å². The predicted octanol–water partition coefficient (Wildman–Crippen LogP) is 3.10. The summed E-state index contributed by atoms with van der Waals surface area (Å²) in [7, 11) is 1.41. The first-order valence-electron chi connectivity index (χ1n) is 10.6. The summed E-state index contributed by atoms with van der Waals surface area (Å²) in [6.07, 6.45) is 4.99. The molecule has 33 heavy (non-hydrogen) atoms. The zero-order valence-corrected chi connectivity index (χ0v) is 17.8. The minimum absolute atomic E-state index is 0.00728. The number of nitrogens with zero attached hydrogens (tertiary/aromatic N) is 2. The van der Waals surface area contributed by atoms with Crippen LogP contribution in [0.4, 0.5) is 17.1 Å². The Kier molecular flexibility index (Phi) is 4.96. The summed E-state index contributed by atoms with van der Waals surface area (Å²) in [5, 5.41) is 13.7. The number of nitrogens with one attached hydrogen (secondary N) is 1. The van der Waals surface area contributed by atoms with Crippen molar-refractivity contribution in [3.05, 3.63) is 70.3 Å². The van der Waals surface area contributed by atoms with Crippen molar-refractivity contribution in [2.45, 2.75) is 12.8 Å². The lowest BCUT2D eigenvalue weighted by Gasteiger charge is -2.17. The zero-order valence-electron chi connectivity index (χ0n) is 17.8. The second kappa shape index (κ2) is 7.84. The van der Waals surface area contributed by atoms with E-state index in [-0.39, 0.29) is 59.2 Å². The molecular formula is C24H21N3O6. The number of amides is 3. The number of rotatable bonds is 6. The number of carbonyl (C=O) groups excluding carboxylic acids is 3. The van der Waals surface area contributed by atoms with Crippen molar-refractivity contribution in [3.63, 3.8) is 0 Å². The van der Waals surface area contributed by atoms with Gasteiger partial charge in [-0.15, -0.1) is 0 Å². The number of ether oxygens (including phenoxy) is 1. The Hall–Kier alpha value is -4.01. The highest BCUT2D eigenvalue weighted by atomic mass is 16.6. The molecule has 9 heteroatoms. The van der Waals surface area contributed by atoms with E-state index in [2.05, 4.69) is 17.5 Å². The van der Waals surface area contributed by atoms with Crippen LogP contribution >= 0.6 is 0 Å². The Morgan fingerprint density at radius 1 is 1.09 bits per heavy atom. The van der Waals surface area contributed by atoms with Gasteiger partial charge >= 0.3 is 0 Å². The normalized spacial score (nSPS) is 24.8. The monoisotopic (exact) mass is 447 g/mol. The van der Waals surface area contributed by atoms with Crippen molar-refractivity contribution >= 4 is 34.8 Å². The highest BCUT2D eigenvalue weighted by Gasteiger charge is 2.59. The summed E-state index contributed by atoms with van der Waals surface area (Å²) < 4.78 is 5.16. The summed E-state index contributed by atoms with van der Waals surface area (Å²) in [5.41, 5.74) is 1.21. The van der Waals surface area contributed by atoms with Crippen LogP contribution in [0.1, 0.15) is 12.0 Å². The number of anilines is 2. The number of non-ortho nitro benzene ring substituents is 1. The molecule has 2 bridgehead atoms. The fraction of sp³-hybridized carbons (Fsp3) is 0.292. The number of hydrogen-bond donors (Lipinski definition) is 1. The van der Waals surface area contributed by atoms with E-state index in [0.717, 1.165) is 6.42 Å². The lowest BCUT2D eigenvalue weighted by Crippen LogP contribution is -2.32. The number of fused-ring (bicyclic) bond motifs is 5. The van der Waals surface area contributed by atoms with Crippen LogP contribution in [0.3, 0.4) is 0 Å². The quantitative estimate of drug-likeness (QED) is 0.315. The number of methoxy groups -OCH3 is 1. The van der Waals surface area contributed by atoms with Gasteiger partial charge in [0.25, 0.3) is 5.69 Å². The van der Waals surface area contributed by atoms with Crippen LogP contribution in [0.15, 0.2) is 54.6 Å². The minimum atomic E-state index is -0.551. The number of nitro benzene ring substituents is 1. The fourth-order valence-corrected chi connectivity index (χ4v) is 5.21. The van der Waals surface area contributed by atoms with Gasteiger partial charge in [0, 0.05) is 12.1 Å². The van der Waals surface area contributed by atoms with Gasteiger partial charge in [-0.1, -0.05) is 24.3 Å². The average Bonchev–Trinajstić information content (AvgIpc) is 3.48. The molecule has 168 valence electrons. The largest absolute Gasteiger partial charge is 0.495 e. The van der Waals surface area contributed by atoms with E-state index in [9.17, 15) is 24.5 Å². The molecule has 2 aliphatic carbocycles. The van der Waals surface area contributed by atoms with Gasteiger partial charge in [-0.25, -0.2) is 0 Å². The molecule has 0 aromatic heterocycles. The van der Waals surface area contributed by atoms with Gasteiger partial charge in [0.1, 0.15) is 5.75 Å². The minimum Gasteiger partial charge on any atom is -0.495 e. The van der Waals surface area contributed by atoms with Crippen LogP contribution in [0.5, 0.6) is 5.75 Å². The van der Waals surface area contributed by atoms with Gasteiger partial charge in [0.2, 0.25) is 17.7 Å². The summed E-state index contributed by atoms with van der Waals surface area (Å²) >= 11 is 0. The maximum Gasteiger partial charge on any atom is 0.271 e. The molecule has 4 unspecified atom stereocenters. The highest BCUT2D eigenvalue weighted by molar-refractivity contribution is 6.22. The van der Waals surface area contributed by atoms with Gasteiger partial charge in [0.15, 0.2) is 0 Å². The van der Waals surface area contributed by atoms with Crippen molar-refractivity contribution in [2.24, 2.45) is 23.7 Å². The molecule has 2 fully saturated rings. The topological polar surface area (TPSA) is 119 Å². The maximum absolute atomic E-state index is 12.9. The Labute approximate surface area is 189 Å². The van der Waals surface area contributed by atoms with E-state index in [1.807, 2.05) is 0 Å². The van der Waals surface area contributed by atoms with Crippen LogP contribution < -0.4 is 15.0 Å². The van der Waals surface area contributed by atoms with Gasteiger partial charge in [-0.2, -0.15) is 0 Å². The molecule has 9 nitrogen and oxygen atoms in total. The average molecular weight is 447 g/mol. The van der Waals surface area contributed by atoms with Crippen molar-refractivity contribution in [1.82, 2.24) is 0 Å². The predicted molar refractivity (Wildman–Crippen MR) is 119 cm³/mol. The highest BCUT2D eigenvalue weighted by Crippen LogP contribution is 2.53. The van der Waals surface area contributed by atoms with E-state index >= 15 is 0 Å². The number of allylic oxidation sites excluding steroid dienone is 2. The second-order valence-corrected chi connectivity index (χ2v) is 8.54.